The molecule has 196 valence electrons. The molecule has 3 N–H and O–H groups in total. The quantitative estimate of drug-likeness (QED) is 0.202. The summed E-state index contributed by atoms with van der Waals surface area (Å²) in [5, 5.41) is 27.0. The van der Waals surface area contributed by atoms with E-state index < -0.39 is 28.6 Å². The molecule has 1 aliphatic heterocycles. The van der Waals surface area contributed by atoms with Gasteiger partial charge < -0.3 is 15.8 Å². The largest absolute Gasteiger partial charge is 0.733 e. The molecule has 1 aromatic heterocycles. The van der Waals surface area contributed by atoms with Crippen LogP contribution in [0.15, 0.2) is 88.9 Å². The summed E-state index contributed by atoms with van der Waals surface area (Å²) in [6.45, 7) is 0. The number of hydrogen-bond donors (Lipinski definition) is 3. The Labute approximate surface area is 229 Å². The van der Waals surface area contributed by atoms with Crippen molar-refractivity contribution in [1.82, 2.24) is 4.98 Å². The van der Waals surface area contributed by atoms with Gasteiger partial charge in [-0.05, 0) is 42.5 Å². The van der Waals surface area contributed by atoms with Gasteiger partial charge >= 0.3 is 0 Å². The van der Waals surface area contributed by atoms with E-state index >= 15 is 0 Å². The lowest BCUT2D eigenvalue weighted by Crippen LogP contribution is -2.33. The van der Waals surface area contributed by atoms with E-state index in [1.165, 1.54) is 42.5 Å². The van der Waals surface area contributed by atoms with Crippen LogP contribution in [-0.4, -0.2) is 27.9 Å². The van der Waals surface area contributed by atoms with Gasteiger partial charge in [-0.25, -0.2) is 14.3 Å². The molecule has 4 aromatic rings. The van der Waals surface area contributed by atoms with Crippen LogP contribution in [-0.2, 0) is 9.59 Å². The number of carbonyl (C=O) groups excluding carboxylic acids is 3. The van der Waals surface area contributed by atoms with Crippen molar-refractivity contribution < 1.29 is 24.0 Å². The number of halogens is 2. The molecule has 10 nitrogen and oxygen atoms in total. The van der Waals surface area contributed by atoms with E-state index in [0.717, 1.165) is 17.4 Å². The Morgan fingerprint density at radius 1 is 1.05 bits per heavy atom. The summed E-state index contributed by atoms with van der Waals surface area (Å²) >= 11 is 7.28. The summed E-state index contributed by atoms with van der Waals surface area (Å²) < 4.78 is 14.2. The Bertz CT molecular complexity index is 1660. The van der Waals surface area contributed by atoms with Gasteiger partial charge in [0.2, 0.25) is 0 Å². The SMILES string of the molecule is O=C(Nc1nc(-c2cccc(N([O-])O)c2)cs1)c1cccc(NC2=C(Cl)C(=O)N(c3ccccc3F)C2=O)c1. The van der Waals surface area contributed by atoms with Crippen LogP contribution in [0.4, 0.5) is 26.6 Å². The summed E-state index contributed by atoms with van der Waals surface area (Å²) in [4.78, 5) is 43.4. The fraction of sp³-hybridized carbons (Fsp3) is 0. The average Bonchev–Trinajstić information content (AvgIpc) is 3.48. The first-order chi connectivity index (χ1) is 18.7. The van der Waals surface area contributed by atoms with Crippen LogP contribution >= 0.6 is 22.9 Å². The molecule has 13 heteroatoms. The number of nitrogens with zero attached hydrogens (tertiary/aromatic N) is 3. The van der Waals surface area contributed by atoms with Gasteiger partial charge in [0, 0.05) is 22.2 Å². The summed E-state index contributed by atoms with van der Waals surface area (Å²) in [5.74, 6) is -2.99. The standard InChI is InChI=1S/C26H16ClFN5O5S/c27-21-22(25(36)32(24(21)35)20-10-2-1-9-18(20)28)29-16-7-3-6-15(11-16)23(34)31-26-30-19(13-39-26)14-5-4-8-17(12-14)33(37)38/h1-13,29,37H,(H,30,31,34)/q-1. The Kier molecular flexibility index (Phi) is 7.09. The highest BCUT2D eigenvalue weighted by Gasteiger charge is 2.40. The molecule has 0 aliphatic carbocycles. The smallest absolute Gasteiger partial charge is 0.283 e. The third-order valence-electron chi connectivity index (χ3n) is 5.60. The third kappa shape index (κ3) is 5.22. The lowest BCUT2D eigenvalue weighted by Gasteiger charge is -2.21. The van der Waals surface area contributed by atoms with Crippen LogP contribution in [0.5, 0.6) is 0 Å². The lowest BCUT2D eigenvalue weighted by molar-refractivity contribution is -0.120. The van der Waals surface area contributed by atoms with Crippen molar-refractivity contribution in [3.05, 3.63) is 105 Å². The molecule has 3 aromatic carbocycles. The maximum Gasteiger partial charge on any atom is 0.283 e. The van der Waals surface area contributed by atoms with E-state index in [0.29, 0.717) is 16.2 Å². The first kappa shape index (κ1) is 26.0. The highest BCUT2D eigenvalue weighted by Crippen LogP contribution is 2.32. The minimum atomic E-state index is -0.879. The third-order valence-corrected chi connectivity index (χ3v) is 6.71. The van der Waals surface area contributed by atoms with Gasteiger partial charge in [0.1, 0.15) is 16.5 Å². The molecular formula is C26H16ClFN5O5S-. The van der Waals surface area contributed by atoms with E-state index in [-0.39, 0.29) is 38.7 Å². The predicted molar refractivity (Wildman–Crippen MR) is 145 cm³/mol. The molecule has 0 saturated carbocycles. The van der Waals surface area contributed by atoms with Gasteiger partial charge in [0.15, 0.2) is 5.13 Å². The second-order valence-corrected chi connectivity index (χ2v) is 9.34. The summed E-state index contributed by atoms with van der Waals surface area (Å²) in [6.07, 6.45) is 0. The first-order valence-corrected chi connectivity index (χ1v) is 12.4. The first-order valence-electron chi connectivity index (χ1n) is 11.2. The van der Waals surface area contributed by atoms with Crippen molar-refractivity contribution in [2.75, 3.05) is 20.8 Å². The molecule has 0 fully saturated rings. The molecule has 0 saturated heterocycles. The molecule has 3 amide bonds. The fourth-order valence-corrected chi connectivity index (χ4v) is 4.69. The fourth-order valence-electron chi connectivity index (χ4n) is 3.76. The maximum atomic E-state index is 14.2. The average molecular weight is 565 g/mol. The number of para-hydroxylation sites is 1. The van der Waals surface area contributed by atoms with E-state index in [2.05, 4.69) is 15.6 Å². The topological polar surface area (TPSA) is 138 Å². The lowest BCUT2D eigenvalue weighted by atomic mass is 10.1. The van der Waals surface area contributed by atoms with Crippen LogP contribution in [0.2, 0.25) is 0 Å². The Balaban J connectivity index is 1.31. The number of benzene rings is 3. The van der Waals surface area contributed by atoms with Crippen molar-refractivity contribution in [3.63, 3.8) is 0 Å². The van der Waals surface area contributed by atoms with Gasteiger partial charge in [0.25, 0.3) is 17.7 Å². The summed E-state index contributed by atoms with van der Waals surface area (Å²) in [5.41, 5.74) is 1.09. The number of carbonyl (C=O) groups is 3. The van der Waals surface area contributed by atoms with Crippen LogP contribution in [0, 0.1) is 11.0 Å². The molecule has 2 heterocycles. The van der Waals surface area contributed by atoms with Crippen LogP contribution in [0.25, 0.3) is 11.3 Å². The number of aromatic nitrogens is 1. The second-order valence-electron chi connectivity index (χ2n) is 8.11. The van der Waals surface area contributed by atoms with Crippen molar-refractivity contribution in [1.29, 1.82) is 0 Å². The Morgan fingerprint density at radius 3 is 2.59 bits per heavy atom. The molecule has 5 rings (SSSR count). The van der Waals surface area contributed by atoms with Crippen molar-refractivity contribution in [2.45, 2.75) is 0 Å². The molecule has 0 unspecified atom stereocenters. The normalized spacial score (nSPS) is 13.2. The number of amides is 3. The van der Waals surface area contributed by atoms with E-state index in [1.807, 2.05) is 0 Å². The van der Waals surface area contributed by atoms with E-state index in [1.54, 1.807) is 29.6 Å². The molecular weight excluding hydrogens is 549 g/mol. The van der Waals surface area contributed by atoms with Crippen molar-refractivity contribution in [3.8, 4) is 11.3 Å². The number of nitrogens with one attached hydrogen (secondary N) is 2. The molecule has 1 aliphatic rings. The van der Waals surface area contributed by atoms with Gasteiger partial charge in [-0.2, -0.15) is 0 Å². The summed E-state index contributed by atoms with van der Waals surface area (Å²) in [6, 6.07) is 17.6. The van der Waals surface area contributed by atoms with Crippen LogP contribution in [0.3, 0.4) is 0 Å². The molecule has 0 bridgehead atoms. The van der Waals surface area contributed by atoms with Gasteiger partial charge in [-0.1, -0.05) is 41.9 Å². The zero-order valence-corrected chi connectivity index (χ0v) is 21.2. The minimum absolute atomic E-state index is 0.0325. The zero-order chi connectivity index (χ0) is 27.7. The van der Waals surface area contributed by atoms with Gasteiger partial charge in [0.05, 0.1) is 17.1 Å². The summed E-state index contributed by atoms with van der Waals surface area (Å²) in [7, 11) is 0. The van der Waals surface area contributed by atoms with E-state index in [9.17, 15) is 24.0 Å². The number of rotatable bonds is 7. The van der Waals surface area contributed by atoms with Crippen LogP contribution in [0.1, 0.15) is 10.4 Å². The molecule has 0 radical (unpaired) electrons. The second kappa shape index (κ2) is 10.6. The van der Waals surface area contributed by atoms with Crippen molar-refractivity contribution in [2.24, 2.45) is 0 Å². The van der Waals surface area contributed by atoms with Gasteiger partial charge in [-0.3, -0.25) is 24.9 Å². The predicted octanol–water partition coefficient (Wildman–Crippen LogP) is 5.33. The highest BCUT2D eigenvalue weighted by molar-refractivity contribution is 7.14. The molecule has 39 heavy (non-hydrogen) atoms. The Morgan fingerprint density at radius 2 is 1.82 bits per heavy atom. The maximum absolute atomic E-state index is 14.2. The zero-order valence-electron chi connectivity index (χ0n) is 19.6. The number of thiazole rings is 1. The monoisotopic (exact) mass is 564 g/mol. The number of hydrogen-bond acceptors (Lipinski definition) is 9. The van der Waals surface area contributed by atoms with Gasteiger partial charge in [-0.15, -0.1) is 11.3 Å². The van der Waals surface area contributed by atoms with Crippen LogP contribution < -0.4 is 20.8 Å². The molecule has 0 spiro atoms. The number of imide groups is 1. The minimum Gasteiger partial charge on any atom is -0.733 e. The highest BCUT2D eigenvalue weighted by atomic mass is 35.5. The van der Waals surface area contributed by atoms with E-state index in [4.69, 9.17) is 16.8 Å². The Hall–Kier alpha value is -4.62. The number of anilines is 4. The van der Waals surface area contributed by atoms with Crippen molar-refractivity contribution >= 4 is 62.9 Å². The molecule has 0 atom stereocenters.